The Kier molecular flexibility index (Phi) is 5.83. The van der Waals surface area contributed by atoms with Crippen LogP contribution in [-0.4, -0.2) is 28.8 Å². The predicted octanol–water partition coefficient (Wildman–Crippen LogP) is 1.47. The number of allylic oxidation sites excluding steroid dienone is 1. The molecular weight excluding hydrogens is 308 g/mol. The molecule has 1 aliphatic heterocycles. The van der Waals surface area contributed by atoms with Crippen LogP contribution >= 0.6 is 0 Å². The monoisotopic (exact) mass is 328 g/mol. The highest BCUT2D eigenvalue weighted by atomic mass is 16.3. The summed E-state index contributed by atoms with van der Waals surface area (Å²) in [5.41, 5.74) is 6.70. The number of benzene rings is 1. The molecule has 0 saturated carbocycles. The van der Waals surface area contributed by atoms with Gasteiger partial charge in [0.05, 0.1) is 12.1 Å². The molecule has 2 amide bonds. The molecule has 1 heterocycles. The molecule has 0 aliphatic carbocycles. The van der Waals surface area contributed by atoms with E-state index in [1.165, 1.54) is 6.21 Å². The van der Waals surface area contributed by atoms with Crippen molar-refractivity contribution < 1.29 is 14.7 Å². The van der Waals surface area contributed by atoms with E-state index >= 15 is 0 Å². The Hall–Kier alpha value is -2.96. The van der Waals surface area contributed by atoms with Crippen LogP contribution in [0.15, 0.2) is 41.1 Å². The van der Waals surface area contributed by atoms with Crippen molar-refractivity contribution in [3.63, 3.8) is 0 Å². The summed E-state index contributed by atoms with van der Waals surface area (Å²) in [5.74, 6) is -0.738. The topological polar surface area (TPSA) is 103 Å². The summed E-state index contributed by atoms with van der Waals surface area (Å²) in [6.45, 7) is 5.38. The average molecular weight is 328 g/mol. The number of rotatable bonds is 7. The van der Waals surface area contributed by atoms with Gasteiger partial charge in [-0.1, -0.05) is 18.2 Å². The molecular formula is C17H20N4O3. The molecule has 1 unspecified atom stereocenters. The average Bonchev–Trinajstić information content (AvgIpc) is 2.87. The van der Waals surface area contributed by atoms with Crippen molar-refractivity contribution in [3.8, 4) is 5.75 Å². The summed E-state index contributed by atoms with van der Waals surface area (Å²) >= 11 is 0. The highest BCUT2D eigenvalue weighted by Gasteiger charge is 2.26. The molecule has 1 aromatic rings. The molecule has 2 rings (SSSR count). The van der Waals surface area contributed by atoms with E-state index < -0.39 is 0 Å². The van der Waals surface area contributed by atoms with Crippen molar-refractivity contribution >= 4 is 23.7 Å². The number of carbonyl (C=O) groups excluding carboxylic acids is 2. The summed E-state index contributed by atoms with van der Waals surface area (Å²) < 4.78 is 0. The minimum absolute atomic E-state index is 0.116. The number of hydrazone groups is 2. The van der Waals surface area contributed by atoms with Gasteiger partial charge in [0.1, 0.15) is 5.75 Å². The molecule has 0 spiro atoms. The maximum atomic E-state index is 11.8. The van der Waals surface area contributed by atoms with Gasteiger partial charge in [-0.2, -0.15) is 10.2 Å². The minimum atomic E-state index is -0.362. The van der Waals surface area contributed by atoms with Crippen molar-refractivity contribution in [2.24, 2.45) is 16.1 Å². The fourth-order valence-corrected chi connectivity index (χ4v) is 2.37. The molecule has 0 saturated heterocycles. The lowest BCUT2D eigenvalue weighted by Crippen LogP contribution is -2.25. The molecule has 1 aliphatic rings. The maximum absolute atomic E-state index is 11.8. The van der Waals surface area contributed by atoms with Crippen molar-refractivity contribution in [2.75, 3.05) is 0 Å². The van der Waals surface area contributed by atoms with Crippen LogP contribution in [0.4, 0.5) is 0 Å². The van der Waals surface area contributed by atoms with Crippen molar-refractivity contribution in [2.45, 2.75) is 26.2 Å². The third kappa shape index (κ3) is 4.28. The quantitative estimate of drug-likeness (QED) is 0.401. The third-order valence-corrected chi connectivity index (χ3v) is 3.73. The Bertz CT molecular complexity index is 710. The molecule has 7 heteroatoms. The second kappa shape index (κ2) is 8.05. The normalized spacial score (nSPS) is 16.8. The van der Waals surface area contributed by atoms with Gasteiger partial charge in [-0.25, -0.2) is 10.9 Å². The summed E-state index contributed by atoms with van der Waals surface area (Å²) in [7, 11) is 0. The van der Waals surface area contributed by atoms with Gasteiger partial charge in [0.2, 0.25) is 11.8 Å². The zero-order chi connectivity index (χ0) is 17.5. The maximum Gasteiger partial charge on any atom is 0.248 e. The van der Waals surface area contributed by atoms with Crippen LogP contribution in [0, 0.1) is 5.92 Å². The Morgan fingerprint density at radius 3 is 3.00 bits per heavy atom. The number of para-hydroxylation sites is 1. The number of aromatic hydroxyl groups is 1. The summed E-state index contributed by atoms with van der Waals surface area (Å²) in [5, 5.41) is 17.8. The number of amides is 2. The standard InChI is InChI=1S/C17H20N4O3/c1-3-5-12-6-4-7-13(16(12)23)10-18-20-15(22)9-8-14-11(2)19-21-17(14)24/h3-4,6-7,10,14,23H,1,5,8-9H2,2H3,(H,20,22)(H,21,24). The van der Waals surface area contributed by atoms with E-state index in [1.54, 1.807) is 31.2 Å². The minimum Gasteiger partial charge on any atom is -0.507 e. The third-order valence-electron chi connectivity index (χ3n) is 3.73. The van der Waals surface area contributed by atoms with Crippen LogP contribution in [-0.2, 0) is 16.0 Å². The fraction of sp³-hybridized carbons (Fsp3) is 0.294. The Morgan fingerprint density at radius 2 is 2.33 bits per heavy atom. The highest BCUT2D eigenvalue weighted by Crippen LogP contribution is 2.21. The lowest BCUT2D eigenvalue weighted by molar-refractivity contribution is -0.123. The molecule has 0 fully saturated rings. The van der Waals surface area contributed by atoms with Crippen LogP contribution in [0.2, 0.25) is 0 Å². The van der Waals surface area contributed by atoms with Crippen LogP contribution in [0.5, 0.6) is 5.75 Å². The lowest BCUT2D eigenvalue weighted by Gasteiger charge is -2.06. The van der Waals surface area contributed by atoms with Gasteiger partial charge in [-0.05, 0) is 31.4 Å². The lowest BCUT2D eigenvalue weighted by atomic mass is 9.99. The predicted molar refractivity (Wildman–Crippen MR) is 91.7 cm³/mol. The van der Waals surface area contributed by atoms with E-state index in [9.17, 15) is 14.7 Å². The van der Waals surface area contributed by atoms with Crippen LogP contribution in [0.3, 0.4) is 0 Å². The van der Waals surface area contributed by atoms with Crippen molar-refractivity contribution in [1.82, 2.24) is 10.9 Å². The van der Waals surface area contributed by atoms with Crippen LogP contribution < -0.4 is 10.9 Å². The SMILES string of the molecule is C=CCc1cccc(C=NNC(=O)CCC2C(=O)NN=C2C)c1O. The van der Waals surface area contributed by atoms with E-state index in [-0.39, 0.29) is 29.9 Å². The fourth-order valence-electron chi connectivity index (χ4n) is 2.37. The van der Waals surface area contributed by atoms with Gasteiger partial charge < -0.3 is 5.11 Å². The molecule has 1 aromatic carbocycles. The number of carbonyl (C=O) groups is 2. The van der Waals surface area contributed by atoms with Crippen LogP contribution in [0.25, 0.3) is 0 Å². The molecule has 1 atom stereocenters. The molecule has 0 radical (unpaired) electrons. The largest absolute Gasteiger partial charge is 0.507 e. The zero-order valence-corrected chi connectivity index (χ0v) is 13.5. The number of hydrogen-bond donors (Lipinski definition) is 3. The van der Waals surface area contributed by atoms with E-state index in [4.69, 9.17) is 0 Å². The number of nitrogens with one attached hydrogen (secondary N) is 2. The van der Waals surface area contributed by atoms with E-state index in [1.807, 2.05) is 0 Å². The van der Waals surface area contributed by atoms with Gasteiger partial charge in [-0.15, -0.1) is 6.58 Å². The highest BCUT2D eigenvalue weighted by molar-refractivity contribution is 6.07. The first kappa shape index (κ1) is 17.4. The van der Waals surface area contributed by atoms with Crippen LogP contribution in [0.1, 0.15) is 30.9 Å². The molecule has 0 bridgehead atoms. The smallest absolute Gasteiger partial charge is 0.248 e. The second-order valence-electron chi connectivity index (χ2n) is 5.46. The Labute approximate surface area is 140 Å². The summed E-state index contributed by atoms with van der Waals surface area (Å²) in [6.07, 6.45) is 4.16. The van der Waals surface area contributed by atoms with Crippen molar-refractivity contribution in [1.29, 1.82) is 0 Å². The van der Waals surface area contributed by atoms with Crippen molar-refractivity contribution in [3.05, 3.63) is 42.0 Å². The number of hydrogen-bond acceptors (Lipinski definition) is 5. The molecule has 3 N–H and O–H groups in total. The Balaban J connectivity index is 1.86. The van der Waals surface area contributed by atoms with Gasteiger partial charge in [0.15, 0.2) is 0 Å². The van der Waals surface area contributed by atoms with Gasteiger partial charge in [0.25, 0.3) is 0 Å². The van der Waals surface area contributed by atoms with Gasteiger partial charge in [0, 0.05) is 17.7 Å². The van der Waals surface area contributed by atoms with E-state index in [2.05, 4.69) is 27.6 Å². The zero-order valence-electron chi connectivity index (χ0n) is 13.5. The number of nitrogens with zero attached hydrogens (tertiary/aromatic N) is 2. The second-order valence-corrected chi connectivity index (χ2v) is 5.46. The summed E-state index contributed by atoms with van der Waals surface area (Å²) in [6, 6.07) is 5.28. The molecule has 0 aromatic heterocycles. The Morgan fingerprint density at radius 1 is 1.54 bits per heavy atom. The number of phenolic OH excluding ortho intramolecular Hbond substituents is 1. The first-order chi connectivity index (χ1) is 11.5. The molecule has 126 valence electrons. The first-order valence-electron chi connectivity index (χ1n) is 7.60. The van der Waals surface area contributed by atoms with Gasteiger partial charge >= 0.3 is 0 Å². The number of phenols is 1. The molecule has 24 heavy (non-hydrogen) atoms. The summed E-state index contributed by atoms with van der Waals surface area (Å²) in [4.78, 5) is 23.3. The molecule has 7 nitrogen and oxygen atoms in total. The van der Waals surface area contributed by atoms with E-state index in [0.29, 0.717) is 24.1 Å². The van der Waals surface area contributed by atoms with E-state index in [0.717, 1.165) is 5.56 Å². The van der Waals surface area contributed by atoms with Gasteiger partial charge in [-0.3, -0.25) is 9.59 Å². The first-order valence-corrected chi connectivity index (χ1v) is 7.60.